The van der Waals surface area contributed by atoms with Crippen LogP contribution in [0.4, 0.5) is 5.69 Å². The summed E-state index contributed by atoms with van der Waals surface area (Å²) in [6.45, 7) is 0.302. The number of thiophene rings is 1. The van der Waals surface area contributed by atoms with Crippen molar-refractivity contribution >= 4 is 34.8 Å². The van der Waals surface area contributed by atoms with Crippen molar-refractivity contribution in [2.75, 3.05) is 5.32 Å². The van der Waals surface area contributed by atoms with Crippen molar-refractivity contribution in [1.82, 2.24) is 5.32 Å². The van der Waals surface area contributed by atoms with Gasteiger partial charge in [-0.1, -0.05) is 18.2 Å². The Balaban J connectivity index is 1.47. The molecule has 130 valence electrons. The number of carboxylic acid groups (broad SMARTS) is 1. The van der Waals surface area contributed by atoms with E-state index in [1.807, 2.05) is 24.3 Å². The van der Waals surface area contributed by atoms with Crippen molar-refractivity contribution in [2.45, 2.75) is 25.8 Å². The molecule has 0 spiro atoms. The molecule has 0 saturated heterocycles. The molecule has 1 unspecified atom stereocenters. The zero-order chi connectivity index (χ0) is 17.8. The Bertz CT molecular complexity index is 815. The quantitative estimate of drug-likeness (QED) is 0.740. The number of carbonyl (C=O) groups excluding carboxylic acids is 2. The number of para-hydroxylation sites is 1. The second-order valence-electron chi connectivity index (χ2n) is 5.93. The first-order chi connectivity index (χ1) is 12.0. The Morgan fingerprint density at radius 1 is 1.24 bits per heavy atom. The van der Waals surface area contributed by atoms with Crippen LogP contribution in [0.2, 0.25) is 0 Å². The number of carboxylic acids is 1. The molecule has 1 aromatic carbocycles. The summed E-state index contributed by atoms with van der Waals surface area (Å²) < 4.78 is 0. The van der Waals surface area contributed by atoms with Crippen molar-refractivity contribution < 1.29 is 19.5 Å². The minimum atomic E-state index is -0.967. The van der Waals surface area contributed by atoms with E-state index in [9.17, 15) is 14.4 Å². The number of aromatic carboxylic acids is 1. The lowest BCUT2D eigenvalue weighted by molar-refractivity contribution is -0.122. The first-order valence-electron chi connectivity index (χ1n) is 8.00. The molecule has 3 rings (SSSR count). The van der Waals surface area contributed by atoms with E-state index in [-0.39, 0.29) is 29.0 Å². The first kappa shape index (κ1) is 17.2. The SMILES string of the molecule is O=C(CCC1Cc2ccccc2NC1=O)NCc1ccc(C(=O)O)s1. The molecular formula is C18H18N2O4S. The maximum atomic E-state index is 12.1. The van der Waals surface area contributed by atoms with Gasteiger partial charge in [-0.25, -0.2) is 4.79 Å². The fourth-order valence-electron chi connectivity index (χ4n) is 2.81. The molecule has 2 aromatic rings. The first-order valence-corrected chi connectivity index (χ1v) is 8.82. The highest BCUT2D eigenvalue weighted by atomic mass is 32.1. The van der Waals surface area contributed by atoms with E-state index >= 15 is 0 Å². The van der Waals surface area contributed by atoms with Crippen molar-refractivity contribution in [3.05, 3.63) is 51.7 Å². The van der Waals surface area contributed by atoms with Gasteiger partial charge in [-0.2, -0.15) is 0 Å². The lowest BCUT2D eigenvalue weighted by Crippen LogP contribution is -2.31. The molecule has 25 heavy (non-hydrogen) atoms. The molecule has 7 heteroatoms. The molecule has 1 atom stereocenters. The highest BCUT2D eigenvalue weighted by Crippen LogP contribution is 2.27. The third kappa shape index (κ3) is 4.24. The van der Waals surface area contributed by atoms with E-state index in [1.165, 1.54) is 6.07 Å². The summed E-state index contributed by atoms with van der Waals surface area (Å²) in [7, 11) is 0. The van der Waals surface area contributed by atoms with Crippen molar-refractivity contribution in [2.24, 2.45) is 5.92 Å². The average molecular weight is 358 g/mol. The minimum Gasteiger partial charge on any atom is -0.477 e. The molecule has 6 nitrogen and oxygen atoms in total. The van der Waals surface area contributed by atoms with E-state index in [0.29, 0.717) is 19.4 Å². The Morgan fingerprint density at radius 2 is 2.04 bits per heavy atom. The van der Waals surface area contributed by atoms with Gasteiger partial charge in [-0.05, 0) is 36.6 Å². The summed E-state index contributed by atoms with van der Waals surface area (Å²) >= 11 is 1.14. The largest absolute Gasteiger partial charge is 0.477 e. The molecule has 2 amide bonds. The Hall–Kier alpha value is -2.67. The summed E-state index contributed by atoms with van der Waals surface area (Å²) in [6.07, 6.45) is 1.39. The van der Waals surface area contributed by atoms with E-state index in [2.05, 4.69) is 10.6 Å². The van der Waals surface area contributed by atoms with Crippen LogP contribution in [0.25, 0.3) is 0 Å². The third-order valence-corrected chi connectivity index (χ3v) is 5.24. The summed E-state index contributed by atoms with van der Waals surface area (Å²) in [5.74, 6) is -1.36. The average Bonchev–Trinajstić information content (AvgIpc) is 3.07. The number of benzene rings is 1. The monoisotopic (exact) mass is 358 g/mol. The molecule has 1 aliphatic rings. The zero-order valence-corrected chi connectivity index (χ0v) is 14.3. The number of rotatable bonds is 6. The van der Waals surface area contributed by atoms with Gasteiger partial charge in [0.15, 0.2) is 0 Å². The van der Waals surface area contributed by atoms with Gasteiger partial charge >= 0.3 is 5.97 Å². The van der Waals surface area contributed by atoms with E-state index < -0.39 is 5.97 Å². The summed E-state index contributed by atoms with van der Waals surface area (Å²) in [5, 5.41) is 14.5. The van der Waals surface area contributed by atoms with Crippen LogP contribution in [0.3, 0.4) is 0 Å². The van der Waals surface area contributed by atoms with E-state index in [0.717, 1.165) is 27.5 Å². The predicted molar refractivity (Wildman–Crippen MR) is 94.6 cm³/mol. The summed E-state index contributed by atoms with van der Waals surface area (Å²) in [6, 6.07) is 10.9. The molecule has 0 radical (unpaired) electrons. The lowest BCUT2D eigenvalue weighted by Gasteiger charge is -2.24. The van der Waals surface area contributed by atoms with Crippen LogP contribution in [0.15, 0.2) is 36.4 Å². The van der Waals surface area contributed by atoms with Gasteiger partial charge in [0.05, 0.1) is 6.54 Å². The van der Waals surface area contributed by atoms with Gasteiger partial charge in [0.25, 0.3) is 0 Å². The minimum absolute atomic E-state index is 0.0455. The second-order valence-corrected chi connectivity index (χ2v) is 7.10. The van der Waals surface area contributed by atoms with E-state index in [4.69, 9.17) is 5.11 Å². The summed E-state index contributed by atoms with van der Waals surface area (Å²) in [5.41, 5.74) is 1.94. The zero-order valence-electron chi connectivity index (χ0n) is 13.5. The van der Waals surface area contributed by atoms with Crippen molar-refractivity contribution in [3.63, 3.8) is 0 Å². The molecule has 0 aliphatic carbocycles. The summed E-state index contributed by atoms with van der Waals surface area (Å²) in [4.78, 5) is 36.0. The third-order valence-electron chi connectivity index (χ3n) is 4.16. The molecule has 0 saturated carbocycles. The predicted octanol–water partition coefficient (Wildman–Crippen LogP) is 2.65. The molecule has 0 fully saturated rings. The molecule has 1 aromatic heterocycles. The highest BCUT2D eigenvalue weighted by Gasteiger charge is 2.26. The Morgan fingerprint density at radius 3 is 2.80 bits per heavy atom. The van der Waals surface area contributed by atoms with Crippen LogP contribution >= 0.6 is 11.3 Å². The Kier molecular flexibility index (Phi) is 5.14. The van der Waals surface area contributed by atoms with Gasteiger partial charge in [0.2, 0.25) is 11.8 Å². The van der Waals surface area contributed by atoms with Crippen LogP contribution in [0.5, 0.6) is 0 Å². The molecule has 1 aliphatic heterocycles. The standard InChI is InChI=1S/C18H18N2O4S/c21-16(19-10-13-6-7-15(25-13)18(23)24)8-5-12-9-11-3-1-2-4-14(11)20-17(12)22/h1-4,6-7,12H,5,8-10H2,(H,19,21)(H,20,22)(H,23,24). The molecular weight excluding hydrogens is 340 g/mol. The van der Waals surface area contributed by atoms with Gasteiger partial charge in [-0.15, -0.1) is 11.3 Å². The van der Waals surface area contributed by atoms with Gasteiger partial charge in [-0.3, -0.25) is 9.59 Å². The van der Waals surface area contributed by atoms with Crippen LogP contribution in [-0.2, 0) is 22.6 Å². The second kappa shape index (κ2) is 7.48. The van der Waals surface area contributed by atoms with Crippen molar-refractivity contribution in [1.29, 1.82) is 0 Å². The number of nitrogens with one attached hydrogen (secondary N) is 2. The van der Waals surface area contributed by atoms with Crippen LogP contribution < -0.4 is 10.6 Å². The highest BCUT2D eigenvalue weighted by molar-refractivity contribution is 7.13. The molecule has 0 bridgehead atoms. The normalized spacial score (nSPS) is 16.0. The van der Waals surface area contributed by atoms with Gasteiger partial charge in [0.1, 0.15) is 4.88 Å². The van der Waals surface area contributed by atoms with Crippen LogP contribution in [0.1, 0.15) is 33.0 Å². The Labute approximate surface area is 148 Å². The maximum Gasteiger partial charge on any atom is 0.345 e. The van der Waals surface area contributed by atoms with Gasteiger partial charge < -0.3 is 15.7 Å². The number of anilines is 1. The number of amides is 2. The maximum absolute atomic E-state index is 12.1. The van der Waals surface area contributed by atoms with Crippen LogP contribution in [0, 0.1) is 5.92 Å². The number of hydrogen-bond acceptors (Lipinski definition) is 4. The fourth-order valence-corrected chi connectivity index (χ4v) is 3.60. The van der Waals surface area contributed by atoms with Crippen LogP contribution in [-0.4, -0.2) is 22.9 Å². The van der Waals surface area contributed by atoms with Crippen molar-refractivity contribution in [3.8, 4) is 0 Å². The topological polar surface area (TPSA) is 95.5 Å². The number of fused-ring (bicyclic) bond motifs is 1. The number of hydrogen-bond donors (Lipinski definition) is 3. The fraction of sp³-hybridized carbons (Fsp3) is 0.278. The lowest BCUT2D eigenvalue weighted by atomic mass is 9.89. The molecule has 3 N–H and O–H groups in total. The smallest absolute Gasteiger partial charge is 0.345 e. The molecule has 2 heterocycles. The van der Waals surface area contributed by atoms with E-state index in [1.54, 1.807) is 6.07 Å². The van der Waals surface area contributed by atoms with Gasteiger partial charge in [0, 0.05) is 22.9 Å². The number of carbonyl (C=O) groups is 3.